The van der Waals surface area contributed by atoms with Crippen molar-refractivity contribution in [2.24, 2.45) is 5.92 Å². The number of aryl methyl sites for hydroxylation is 3. The molecule has 0 amide bonds. The fourth-order valence-corrected chi connectivity index (χ4v) is 4.27. The first-order valence-corrected chi connectivity index (χ1v) is 8.24. The number of fused-ring (bicyclic) bond motifs is 3. The molecule has 1 nitrogen and oxygen atoms in total. The number of nitrogens with one attached hydrogen (secondary N) is 1. The van der Waals surface area contributed by atoms with E-state index in [0.29, 0.717) is 17.9 Å². The van der Waals surface area contributed by atoms with E-state index < -0.39 is 0 Å². The van der Waals surface area contributed by atoms with Gasteiger partial charge in [0.1, 0.15) is 0 Å². The molecule has 1 aliphatic carbocycles. The molecule has 1 heterocycles. The molecule has 0 saturated heterocycles. The van der Waals surface area contributed by atoms with Crippen LogP contribution in [0.2, 0.25) is 0 Å². The first-order chi connectivity index (χ1) is 10.6. The number of benzene rings is 2. The number of hydrogen-bond donors (Lipinski definition) is 1. The molecule has 2 aliphatic rings. The van der Waals surface area contributed by atoms with Crippen LogP contribution in [0, 0.1) is 26.7 Å². The lowest BCUT2D eigenvalue weighted by Crippen LogP contribution is -2.29. The molecule has 0 aromatic heterocycles. The second-order valence-corrected chi connectivity index (χ2v) is 6.94. The molecule has 1 N–H and O–H groups in total. The number of anilines is 1. The molecule has 0 radical (unpaired) electrons. The Labute approximate surface area is 133 Å². The van der Waals surface area contributed by atoms with E-state index in [4.69, 9.17) is 0 Å². The van der Waals surface area contributed by atoms with E-state index in [1.54, 1.807) is 0 Å². The molecule has 1 aliphatic heterocycles. The van der Waals surface area contributed by atoms with E-state index in [1.165, 1.54) is 39.9 Å². The van der Waals surface area contributed by atoms with Gasteiger partial charge in [-0.3, -0.25) is 0 Å². The van der Waals surface area contributed by atoms with Crippen LogP contribution in [0.5, 0.6) is 0 Å². The van der Waals surface area contributed by atoms with Gasteiger partial charge < -0.3 is 5.32 Å². The fourth-order valence-electron chi connectivity index (χ4n) is 4.27. The van der Waals surface area contributed by atoms with E-state index in [1.807, 2.05) is 0 Å². The molecule has 1 heteroatoms. The smallest absolute Gasteiger partial charge is 0.0554 e. The third-order valence-corrected chi connectivity index (χ3v) is 5.21. The SMILES string of the molecule is Cc1cccc(C2Nc3c(C)cc(C)cc3C3C=CCC32)c1. The topological polar surface area (TPSA) is 12.0 Å². The van der Waals surface area contributed by atoms with Crippen LogP contribution >= 0.6 is 0 Å². The van der Waals surface area contributed by atoms with Gasteiger partial charge in [0.25, 0.3) is 0 Å². The first-order valence-electron chi connectivity index (χ1n) is 8.24. The van der Waals surface area contributed by atoms with Crippen LogP contribution in [0.1, 0.15) is 46.2 Å². The Morgan fingerprint density at radius 3 is 2.68 bits per heavy atom. The quantitative estimate of drug-likeness (QED) is 0.689. The second kappa shape index (κ2) is 5.01. The van der Waals surface area contributed by atoms with Gasteiger partial charge in [-0.2, -0.15) is 0 Å². The molecule has 0 fully saturated rings. The highest BCUT2D eigenvalue weighted by atomic mass is 15.0. The van der Waals surface area contributed by atoms with Gasteiger partial charge in [0.2, 0.25) is 0 Å². The summed E-state index contributed by atoms with van der Waals surface area (Å²) in [5.41, 5.74) is 8.33. The summed E-state index contributed by atoms with van der Waals surface area (Å²) >= 11 is 0. The van der Waals surface area contributed by atoms with Crippen molar-refractivity contribution in [2.45, 2.75) is 39.2 Å². The molecular formula is C21H23N. The van der Waals surface area contributed by atoms with Crippen LogP contribution in [0.4, 0.5) is 5.69 Å². The van der Waals surface area contributed by atoms with Crippen LogP contribution in [0.3, 0.4) is 0 Å². The lowest BCUT2D eigenvalue weighted by Gasteiger charge is -2.38. The summed E-state index contributed by atoms with van der Waals surface area (Å²) in [4.78, 5) is 0. The van der Waals surface area contributed by atoms with Crippen molar-refractivity contribution in [1.29, 1.82) is 0 Å². The summed E-state index contributed by atoms with van der Waals surface area (Å²) in [5.74, 6) is 1.19. The highest BCUT2D eigenvalue weighted by Gasteiger charge is 2.38. The molecule has 112 valence electrons. The largest absolute Gasteiger partial charge is 0.377 e. The van der Waals surface area contributed by atoms with Gasteiger partial charge in [0.15, 0.2) is 0 Å². The average molecular weight is 289 g/mol. The molecule has 4 rings (SSSR count). The van der Waals surface area contributed by atoms with Crippen molar-refractivity contribution in [2.75, 3.05) is 5.32 Å². The maximum absolute atomic E-state index is 3.87. The first kappa shape index (κ1) is 13.6. The van der Waals surface area contributed by atoms with Gasteiger partial charge in [-0.15, -0.1) is 0 Å². The Bertz CT molecular complexity index is 756. The second-order valence-electron chi connectivity index (χ2n) is 6.94. The average Bonchev–Trinajstić information content (AvgIpc) is 2.96. The minimum Gasteiger partial charge on any atom is -0.377 e. The van der Waals surface area contributed by atoms with Crippen molar-refractivity contribution in [3.05, 3.63) is 76.4 Å². The summed E-state index contributed by atoms with van der Waals surface area (Å²) in [6, 6.07) is 14.0. The van der Waals surface area contributed by atoms with Crippen LogP contribution < -0.4 is 5.32 Å². The molecule has 3 atom stereocenters. The third kappa shape index (κ3) is 2.08. The number of allylic oxidation sites excluding steroid dienone is 2. The zero-order valence-corrected chi connectivity index (χ0v) is 13.6. The van der Waals surface area contributed by atoms with Gasteiger partial charge in [-0.05, 0) is 49.8 Å². The predicted octanol–water partition coefficient (Wildman–Crippen LogP) is 5.44. The Balaban J connectivity index is 1.84. The number of hydrogen-bond acceptors (Lipinski definition) is 1. The third-order valence-electron chi connectivity index (χ3n) is 5.21. The van der Waals surface area contributed by atoms with Crippen molar-refractivity contribution in [3.8, 4) is 0 Å². The Hall–Kier alpha value is -2.02. The van der Waals surface area contributed by atoms with E-state index in [0.717, 1.165) is 0 Å². The van der Waals surface area contributed by atoms with Crippen LogP contribution in [-0.4, -0.2) is 0 Å². The maximum Gasteiger partial charge on any atom is 0.0554 e. The monoisotopic (exact) mass is 289 g/mol. The minimum absolute atomic E-state index is 0.411. The summed E-state index contributed by atoms with van der Waals surface area (Å²) < 4.78 is 0. The molecule has 22 heavy (non-hydrogen) atoms. The molecule has 0 bridgehead atoms. The molecular weight excluding hydrogens is 266 g/mol. The van der Waals surface area contributed by atoms with Crippen molar-refractivity contribution >= 4 is 5.69 Å². The lowest BCUT2D eigenvalue weighted by atomic mass is 9.76. The molecule has 2 aromatic rings. The highest BCUT2D eigenvalue weighted by molar-refractivity contribution is 5.65. The predicted molar refractivity (Wildman–Crippen MR) is 93.4 cm³/mol. The molecule has 0 spiro atoms. The molecule has 3 unspecified atom stereocenters. The van der Waals surface area contributed by atoms with Gasteiger partial charge in [0, 0.05) is 11.6 Å². The van der Waals surface area contributed by atoms with Crippen LogP contribution in [-0.2, 0) is 0 Å². The van der Waals surface area contributed by atoms with Crippen LogP contribution in [0.25, 0.3) is 0 Å². The Kier molecular flexibility index (Phi) is 3.11. The summed E-state index contributed by atoms with van der Waals surface area (Å²) in [6.45, 7) is 6.61. The van der Waals surface area contributed by atoms with E-state index >= 15 is 0 Å². The van der Waals surface area contributed by atoms with Crippen LogP contribution in [0.15, 0.2) is 48.6 Å². The standard InChI is InChI=1S/C21H23N/c1-13-6-4-7-16(11-13)21-18-9-5-8-17(18)19-12-14(2)10-15(3)20(19)22-21/h4-8,10-12,17-18,21-22H,9H2,1-3H3. The summed E-state index contributed by atoms with van der Waals surface area (Å²) in [6.07, 6.45) is 5.96. The Morgan fingerprint density at radius 1 is 1.00 bits per heavy atom. The summed E-state index contributed by atoms with van der Waals surface area (Å²) in [7, 11) is 0. The zero-order chi connectivity index (χ0) is 15.3. The van der Waals surface area contributed by atoms with Gasteiger partial charge >= 0.3 is 0 Å². The molecule has 2 aromatic carbocycles. The highest BCUT2D eigenvalue weighted by Crippen LogP contribution is 2.50. The van der Waals surface area contributed by atoms with E-state index in [9.17, 15) is 0 Å². The van der Waals surface area contributed by atoms with Crippen molar-refractivity contribution in [3.63, 3.8) is 0 Å². The van der Waals surface area contributed by atoms with E-state index in [-0.39, 0.29) is 0 Å². The Morgan fingerprint density at radius 2 is 1.86 bits per heavy atom. The normalized spacial score (nSPS) is 25.5. The summed E-state index contributed by atoms with van der Waals surface area (Å²) in [5, 5.41) is 3.87. The van der Waals surface area contributed by atoms with Crippen molar-refractivity contribution < 1.29 is 0 Å². The fraction of sp³-hybridized carbons (Fsp3) is 0.333. The van der Waals surface area contributed by atoms with Crippen molar-refractivity contribution in [1.82, 2.24) is 0 Å². The van der Waals surface area contributed by atoms with Gasteiger partial charge in [-0.25, -0.2) is 0 Å². The number of rotatable bonds is 1. The maximum atomic E-state index is 3.87. The van der Waals surface area contributed by atoms with Gasteiger partial charge in [0.05, 0.1) is 6.04 Å². The van der Waals surface area contributed by atoms with Gasteiger partial charge in [-0.1, -0.05) is 59.7 Å². The lowest BCUT2D eigenvalue weighted by molar-refractivity contribution is 0.425. The van der Waals surface area contributed by atoms with E-state index in [2.05, 4.69) is 74.6 Å². The minimum atomic E-state index is 0.411. The molecule has 0 saturated carbocycles. The zero-order valence-electron chi connectivity index (χ0n) is 13.6.